The molecular weight excluding hydrogens is 420 g/mol. The van der Waals surface area contributed by atoms with E-state index >= 15 is 0 Å². The third kappa shape index (κ3) is 5.37. The molecule has 0 heterocycles. The summed E-state index contributed by atoms with van der Waals surface area (Å²) in [6.45, 7) is 9.52. The number of hydrogen-bond donors (Lipinski definition) is 1. The van der Waals surface area contributed by atoms with E-state index in [1.807, 2.05) is 57.2 Å². The zero-order valence-corrected chi connectivity index (χ0v) is 20.0. The van der Waals surface area contributed by atoms with Crippen molar-refractivity contribution in [2.45, 2.75) is 45.4 Å². The van der Waals surface area contributed by atoms with Crippen LogP contribution in [0, 0.1) is 20.8 Å². The van der Waals surface area contributed by atoms with Gasteiger partial charge >= 0.3 is 0 Å². The minimum atomic E-state index is -3.94. The molecule has 1 amide bonds. The highest BCUT2D eigenvalue weighted by atomic mass is 32.2. The zero-order valence-electron chi connectivity index (χ0n) is 19.2. The fourth-order valence-electron chi connectivity index (χ4n) is 3.41. The van der Waals surface area contributed by atoms with Crippen molar-refractivity contribution in [3.63, 3.8) is 0 Å². The van der Waals surface area contributed by atoms with Crippen LogP contribution in [0.3, 0.4) is 0 Å². The number of amides is 1. The SMILES string of the molecule is Cc1ccc(S(=O)(=O)N(CC(=O)Nc2ccc(C(C)C)cc2)c2cc(C)ccc2C)cc1. The van der Waals surface area contributed by atoms with Gasteiger partial charge in [-0.05, 0) is 73.7 Å². The van der Waals surface area contributed by atoms with Crippen molar-refractivity contribution in [2.24, 2.45) is 0 Å². The molecule has 5 nitrogen and oxygen atoms in total. The number of benzene rings is 3. The fourth-order valence-corrected chi connectivity index (χ4v) is 4.88. The van der Waals surface area contributed by atoms with Crippen LogP contribution in [0.1, 0.15) is 42.0 Å². The molecule has 0 bridgehead atoms. The van der Waals surface area contributed by atoms with E-state index < -0.39 is 15.9 Å². The molecule has 0 atom stereocenters. The average molecular weight is 451 g/mol. The first-order valence-electron chi connectivity index (χ1n) is 10.6. The topological polar surface area (TPSA) is 66.5 Å². The molecule has 3 rings (SSSR count). The summed E-state index contributed by atoms with van der Waals surface area (Å²) in [6.07, 6.45) is 0. The van der Waals surface area contributed by atoms with Gasteiger partial charge in [0.15, 0.2) is 0 Å². The predicted molar refractivity (Wildman–Crippen MR) is 131 cm³/mol. The van der Waals surface area contributed by atoms with E-state index in [1.165, 1.54) is 9.87 Å². The molecule has 3 aromatic carbocycles. The molecule has 0 saturated heterocycles. The maximum atomic E-state index is 13.6. The van der Waals surface area contributed by atoms with Crippen LogP contribution >= 0.6 is 0 Å². The Kier molecular flexibility index (Phi) is 7.04. The van der Waals surface area contributed by atoms with Gasteiger partial charge in [-0.1, -0.05) is 55.8 Å². The number of hydrogen-bond acceptors (Lipinski definition) is 3. The number of carbonyl (C=O) groups excluding carboxylic acids is 1. The first-order chi connectivity index (χ1) is 15.1. The maximum absolute atomic E-state index is 13.6. The lowest BCUT2D eigenvalue weighted by Crippen LogP contribution is -2.38. The minimum Gasteiger partial charge on any atom is -0.325 e. The van der Waals surface area contributed by atoms with E-state index in [-0.39, 0.29) is 11.4 Å². The van der Waals surface area contributed by atoms with Crippen molar-refractivity contribution in [1.82, 2.24) is 0 Å². The Morgan fingerprint density at radius 2 is 1.47 bits per heavy atom. The highest BCUT2D eigenvalue weighted by Crippen LogP contribution is 2.28. The maximum Gasteiger partial charge on any atom is 0.264 e. The van der Waals surface area contributed by atoms with Crippen molar-refractivity contribution >= 4 is 27.3 Å². The average Bonchev–Trinajstić information content (AvgIpc) is 2.74. The molecule has 0 aliphatic carbocycles. The molecule has 0 aliphatic heterocycles. The molecule has 0 unspecified atom stereocenters. The summed E-state index contributed by atoms with van der Waals surface area (Å²) in [5.74, 6) is -0.0157. The molecule has 0 aliphatic rings. The third-order valence-electron chi connectivity index (χ3n) is 5.39. The Morgan fingerprint density at radius 1 is 0.875 bits per heavy atom. The molecule has 32 heavy (non-hydrogen) atoms. The molecule has 6 heteroatoms. The highest BCUT2D eigenvalue weighted by Gasteiger charge is 2.28. The van der Waals surface area contributed by atoms with E-state index in [0.29, 0.717) is 17.3 Å². The van der Waals surface area contributed by atoms with Gasteiger partial charge in [-0.3, -0.25) is 9.10 Å². The molecule has 1 N–H and O–H groups in total. The molecule has 3 aromatic rings. The molecule has 168 valence electrons. The predicted octanol–water partition coefficient (Wildman–Crippen LogP) is 5.57. The Morgan fingerprint density at radius 3 is 2.06 bits per heavy atom. The number of nitrogens with zero attached hydrogens (tertiary/aromatic N) is 1. The van der Waals surface area contributed by atoms with Crippen LogP contribution in [0.25, 0.3) is 0 Å². The number of sulfonamides is 1. The van der Waals surface area contributed by atoms with Crippen molar-refractivity contribution < 1.29 is 13.2 Å². The third-order valence-corrected chi connectivity index (χ3v) is 7.16. The Balaban J connectivity index is 1.94. The normalized spacial score (nSPS) is 11.4. The molecule has 0 saturated carbocycles. The van der Waals surface area contributed by atoms with Crippen LogP contribution in [0.5, 0.6) is 0 Å². The Bertz CT molecular complexity index is 1200. The fraction of sp³-hybridized carbons (Fsp3) is 0.269. The number of rotatable bonds is 7. The largest absolute Gasteiger partial charge is 0.325 e. The summed E-state index contributed by atoms with van der Waals surface area (Å²) in [6, 6.07) is 19.8. The summed E-state index contributed by atoms with van der Waals surface area (Å²) >= 11 is 0. The molecule has 0 aromatic heterocycles. The van der Waals surface area contributed by atoms with Gasteiger partial charge < -0.3 is 5.32 Å². The van der Waals surface area contributed by atoms with Crippen LogP contribution < -0.4 is 9.62 Å². The summed E-state index contributed by atoms with van der Waals surface area (Å²) in [4.78, 5) is 13.1. The van der Waals surface area contributed by atoms with Gasteiger partial charge in [0.25, 0.3) is 10.0 Å². The lowest BCUT2D eigenvalue weighted by molar-refractivity contribution is -0.114. The molecule has 0 fully saturated rings. The van der Waals surface area contributed by atoms with Crippen LogP contribution in [-0.2, 0) is 14.8 Å². The second-order valence-corrected chi connectivity index (χ2v) is 10.3. The van der Waals surface area contributed by atoms with E-state index in [1.54, 1.807) is 30.3 Å². The summed E-state index contributed by atoms with van der Waals surface area (Å²) in [5, 5.41) is 2.83. The second kappa shape index (κ2) is 9.57. The first kappa shape index (κ1) is 23.5. The van der Waals surface area contributed by atoms with Crippen LogP contribution in [0.4, 0.5) is 11.4 Å². The highest BCUT2D eigenvalue weighted by molar-refractivity contribution is 7.92. The zero-order chi connectivity index (χ0) is 23.5. The van der Waals surface area contributed by atoms with Crippen molar-refractivity contribution in [1.29, 1.82) is 0 Å². The monoisotopic (exact) mass is 450 g/mol. The van der Waals surface area contributed by atoms with Crippen molar-refractivity contribution in [2.75, 3.05) is 16.2 Å². The van der Waals surface area contributed by atoms with Crippen LogP contribution in [0.15, 0.2) is 71.6 Å². The Hall–Kier alpha value is -3.12. The van der Waals surface area contributed by atoms with Gasteiger partial charge in [0.2, 0.25) is 5.91 Å². The van der Waals surface area contributed by atoms with Crippen molar-refractivity contribution in [3.8, 4) is 0 Å². The number of carbonyl (C=O) groups is 1. The van der Waals surface area contributed by atoms with Gasteiger partial charge in [-0.25, -0.2) is 8.42 Å². The second-order valence-electron chi connectivity index (χ2n) is 8.44. The summed E-state index contributed by atoms with van der Waals surface area (Å²) < 4.78 is 28.3. The minimum absolute atomic E-state index is 0.151. The Labute approximate surface area is 191 Å². The van der Waals surface area contributed by atoms with Gasteiger partial charge in [0, 0.05) is 5.69 Å². The standard InChI is InChI=1S/C26H30N2O3S/c1-18(2)22-10-12-23(13-11-22)27-26(29)17-28(25-16-20(4)6-9-21(25)5)32(30,31)24-14-7-19(3)8-15-24/h6-16,18H,17H2,1-5H3,(H,27,29). The lowest BCUT2D eigenvalue weighted by atomic mass is 10.0. The van der Waals surface area contributed by atoms with E-state index in [9.17, 15) is 13.2 Å². The molecular formula is C26H30N2O3S. The van der Waals surface area contributed by atoms with E-state index in [2.05, 4.69) is 19.2 Å². The smallest absolute Gasteiger partial charge is 0.264 e. The van der Waals surface area contributed by atoms with Gasteiger partial charge in [-0.2, -0.15) is 0 Å². The number of anilines is 2. The van der Waals surface area contributed by atoms with E-state index in [0.717, 1.165) is 16.7 Å². The van der Waals surface area contributed by atoms with Gasteiger partial charge in [0.1, 0.15) is 6.54 Å². The summed E-state index contributed by atoms with van der Waals surface area (Å²) in [5.41, 5.74) is 4.95. The van der Waals surface area contributed by atoms with Gasteiger partial charge in [0.05, 0.1) is 10.6 Å². The quantitative estimate of drug-likeness (QED) is 0.512. The number of nitrogens with one attached hydrogen (secondary N) is 1. The van der Waals surface area contributed by atoms with Crippen LogP contribution in [0.2, 0.25) is 0 Å². The number of aryl methyl sites for hydroxylation is 3. The van der Waals surface area contributed by atoms with Crippen molar-refractivity contribution in [3.05, 3.63) is 89.0 Å². The molecule has 0 spiro atoms. The lowest BCUT2D eigenvalue weighted by Gasteiger charge is -2.26. The first-order valence-corrected chi connectivity index (χ1v) is 12.1. The van der Waals surface area contributed by atoms with Crippen LogP contribution in [-0.4, -0.2) is 20.9 Å². The van der Waals surface area contributed by atoms with Gasteiger partial charge in [-0.15, -0.1) is 0 Å². The summed E-state index contributed by atoms with van der Waals surface area (Å²) in [7, 11) is -3.94. The molecule has 0 radical (unpaired) electrons. The van der Waals surface area contributed by atoms with E-state index in [4.69, 9.17) is 0 Å².